The second-order valence-electron chi connectivity index (χ2n) is 6.20. The van der Waals surface area contributed by atoms with E-state index in [0.717, 1.165) is 25.6 Å². The molecule has 0 aromatic heterocycles. The smallest absolute Gasteiger partial charge is 0.320 e. The molecule has 4 heteroatoms. The highest BCUT2D eigenvalue weighted by atomic mass is 16.2. The number of likely N-dealkylation sites (N-methyl/N-ethyl adjacent to an activating group) is 1. The molecular formula is C14H25N3O. The second kappa shape index (κ2) is 5.08. The lowest BCUT2D eigenvalue weighted by molar-refractivity contribution is 0.187. The zero-order chi connectivity index (χ0) is 12.5. The summed E-state index contributed by atoms with van der Waals surface area (Å²) in [4.78, 5) is 16.4. The van der Waals surface area contributed by atoms with Gasteiger partial charge in [0.15, 0.2) is 0 Å². The minimum absolute atomic E-state index is 0.251. The van der Waals surface area contributed by atoms with Crippen LogP contribution in [0.15, 0.2) is 0 Å². The highest BCUT2D eigenvalue weighted by Gasteiger charge is 2.40. The molecule has 2 amide bonds. The number of urea groups is 1. The predicted octanol–water partition coefficient (Wildman–Crippen LogP) is 1.66. The molecule has 3 aliphatic rings. The predicted molar refractivity (Wildman–Crippen MR) is 71.5 cm³/mol. The fourth-order valence-corrected chi connectivity index (χ4v) is 3.93. The number of amides is 2. The number of nitrogens with zero attached hydrogens (tertiary/aromatic N) is 2. The highest BCUT2D eigenvalue weighted by Crippen LogP contribution is 2.33. The van der Waals surface area contributed by atoms with Crippen LogP contribution in [0.5, 0.6) is 0 Å². The van der Waals surface area contributed by atoms with Crippen LogP contribution in [0.4, 0.5) is 4.79 Å². The van der Waals surface area contributed by atoms with Gasteiger partial charge < -0.3 is 15.1 Å². The summed E-state index contributed by atoms with van der Waals surface area (Å²) in [6, 6.07) is 1.26. The molecule has 1 saturated carbocycles. The van der Waals surface area contributed by atoms with E-state index >= 15 is 0 Å². The monoisotopic (exact) mass is 251 g/mol. The van der Waals surface area contributed by atoms with E-state index in [-0.39, 0.29) is 6.03 Å². The van der Waals surface area contributed by atoms with Gasteiger partial charge in [-0.1, -0.05) is 12.8 Å². The first-order valence-electron chi connectivity index (χ1n) is 7.51. The Balaban J connectivity index is 1.60. The van der Waals surface area contributed by atoms with Gasteiger partial charge in [-0.15, -0.1) is 0 Å². The minimum atomic E-state index is 0.251. The molecule has 3 fully saturated rings. The SMILES string of the molecule is CN1C(=O)N(CC2CCCN2)CC1C1CCCC1. The van der Waals surface area contributed by atoms with Crippen molar-refractivity contribution in [2.24, 2.45) is 5.92 Å². The number of carbonyl (C=O) groups excluding carboxylic acids is 1. The van der Waals surface area contributed by atoms with Crippen LogP contribution in [0.25, 0.3) is 0 Å². The summed E-state index contributed by atoms with van der Waals surface area (Å²) < 4.78 is 0. The van der Waals surface area contributed by atoms with E-state index < -0.39 is 0 Å². The molecule has 1 aliphatic carbocycles. The first-order valence-corrected chi connectivity index (χ1v) is 7.51. The van der Waals surface area contributed by atoms with Crippen LogP contribution in [-0.4, -0.2) is 54.6 Å². The zero-order valence-corrected chi connectivity index (χ0v) is 11.4. The Bertz CT molecular complexity index is 308. The van der Waals surface area contributed by atoms with Crippen molar-refractivity contribution in [1.82, 2.24) is 15.1 Å². The maximum atomic E-state index is 12.3. The lowest BCUT2D eigenvalue weighted by atomic mass is 9.98. The summed E-state index contributed by atoms with van der Waals surface area (Å²) in [5, 5.41) is 3.49. The topological polar surface area (TPSA) is 35.6 Å². The number of nitrogens with one attached hydrogen (secondary N) is 1. The van der Waals surface area contributed by atoms with Gasteiger partial charge in [0.1, 0.15) is 0 Å². The summed E-state index contributed by atoms with van der Waals surface area (Å²) in [5.74, 6) is 0.750. The van der Waals surface area contributed by atoms with Crippen molar-refractivity contribution in [2.45, 2.75) is 50.6 Å². The first kappa shape index (κ1) is 12.3. The molecule has 2 heterocycles. The molecule has 102 valence electrons. The number of hydrogen-bond donors (Lipinski definition) is 1. The molecule has 2 atom stereocenters. The van der Waals surface area contributed by atoms with E-state index in [1.807, 2.05) is 11.9 Å². The van der Waals surface area contributed by atoms with Crippen molar-refractivity contribution >= 4 is 6.03 Å². The van der Waals surface area contributed by atoms with Gasteiger partial charge in [0.25, 0.3) is 0 Å². The summed E-state index contributed by atoms with van der Waals surface area (Å²) >= 11 is 0. The number of rotatable bonds is 3. The molecule has 3 rings (SSSR count). The van der Waals surface area contributed by atoms with E-state index in [0.29, 0.717) is 12.1 Å². The van der Waals surface area contributed by atoms with Gasteiger partial charge in [-0.25, -0.2) is 4.79 Å². The largest absolute Gasteiger partial charge is 0.323 e. The summed E-state index contributed by atoms with van der Waals surface area (Å²) in [6.45, 7) is 2.99. The molecule has 0 aromatic rings. The van der Waals surface area contributed by atoms with Crippen molar-refractivity contribution in [1.29, 1.82) is 0 Å². The fraction of sp³-hybridized carbons (Fsp3) is 0.929. The molecule has 2 aliphatic heterocycles. The molecular weight excluding hydrogens is 226 g/mol. The van der Waals surface area contributed by atoms with Crippen LogP contribution in [0.2, 0.25) is 0 Å². The Kier molecular flexibility index (Phi) is 3.46. The maximum Gasteiger partial charge on any atom is 0.320 e. The Morgan fingerprint density at radius 1 is 1.22 bits per heavy atom. The standard InChI is InChI=1S/C14H25N3O/c1-16-13(11-5-2-3-6-11)10-17(14(16)18)9-12-7-4-8-15-12/h11-13,15H,2-10H2,1H3. The van der Waals surface area contributed by atoms with Gasteiger partial charge in [-0.05, 0) is 38.1 Å². The van der Waals surface area contributed by atoms with E-state index in [9.17, 15) is 4.79 Å². The van der Waals surface area contributed by atoms with Crippen LogP contribution in [-0.2, 0) is 0 Å². The van der Waals surface area contributed by atoms with Crippen molar-refractivity contribution in [3.8, 4) is 0 Å². The Hall–Kier alpha value is -0.770. The Morgan fingerprint density at radius 3 is 2.67 bits per heavy atom. The molecule has 18 heavy (non-hydrogen) atoms. The van der Waals surface area contributed by atoms with Crippen molar-refractivity contribution in [2.75, 3.05) is 26.7 Å². The van der Waals surface area contributed by atoms with Crippen molar-refractivity contribution in [3.05, 3.63) is 0 Å². The van der Waals surface area contributed by atoms with E-state index in [2.05, 4.69) is 10.2 Å². The third-order valence-corrected chi connectivity index (χ3v) is 5.02. The highest BCUT2D eigenvalue weighted by molar-refractivity contribution is 5.77. The minimum Gasteiger partial charge on any atom is -0.323 e. The van der Waals surface area contributed by atoms with Gasteiger partial charge in [0, 0.05) is 26.2 Å². The first-order chi connectivity index (χ1) is 8.75. The summed E-state index contributed by atoms with van der Waals surface area (Å²) in [6.07, 6.45) is 7.83. The van der Waals surface area contributed by atoms with Crippen LogP contribution in [0.1, 0.15) is 38.5 Å². The molecule has 0 radical (unpaired) electrons. The zero-order valence-electron chi connectivity index (χ0n) is 11.4. The third kappa shape index (κ3) is 2.22. The Morgan fingerprint density at radius 2 is 2.00 bits per heavy atom. The van der Waals surface area contributed by atoms with Gasteiger partial charge >= 0.3 is 6.03 Å². The van der Waals surface area contributed by atoms with Crippen LogP contribution >= 0.6 is 0 Å². The molecule has 0 spiro atoms. The second-order valence-corrected chi connectivity index (χ2v) is 6.20. The summed E-state index contributed by atoms with van der Waals surface area (Å²) in [7, 11) is 1.99. The Labute approximate surface area is 110 Å². The molecule has 1 N–H and O–H groups in total. The van der Waals surface area contributed by atoms with E-state index in [1.54, 1.807) is 0 Å². The van der Waals surface area contributed by atoms with E-state index in [1.165, 1.54) is 38.5 Å². The van der Waals surface area contributed by atoms with Gasteiger partial charge in [-0.3, -0.25) is 0 Å². The molecule has 0 aromatic carbocycles. The quantitative estimate of drug-likeness (QED) is 0.828. The lowest BCUT2D eigenvalue weighted by Gasteiger charge is -2.23. The molecule has 2 saturated heterocycles. The molecule has 0 bridgehead atoms. The lowest BCUT2D eigenvalue weighted by Crippen LogP contribution is -2.39. The summed E-state index contributed by atoms with van der Waals surface area (Å²) in [5.41, 5.74) is 0. The van der Waals surface area contributed by atoms with Crippen LogP contribution < -0.4 is 5.32 Å². The van der Waals surface area contributed by atoms with Crippen molar-refractivity contribution < 1.29 is 4.79 Å². The van der Waals surface area contributed by atoms with Gasteiger partial charge in [-0.2, -0.15) is 0 Å². The maximum absolute atomic E-state index is 12.3. The number of carbonyl (C=O) groups is 1. The van der Waals surface area contributed by atoms with Gasteiger partial charge in [0.05, 0.1) is 6.04 Å². The fourth-order valence-electron chi connectivity index (χ4n) is 3.93. The molecule has 4 nitrogen and oxygen atoms in total. The number of hydrogen-bond acceptors (Lipinski definition) is 2. The average Bonchev–Trinajstić information content (AvgIpc) is 3.07. The average molecular weight is 251 g/mol. The third-order valence-electron chi connectivity index (χ3n) is 5.02. The van der Waals surface area contributed by atoms with E-state index in [4.69, 9.17) is 0 Å². The van der Waals surface area contributed by atoms with Crippen LogP contribution in [0.3, 0.4) is 0 Å². The normalized spacial score (nSPS) is 33.9. The van der Waals surface area contributed by atoms with Crippen LogP contribution in [0, 0.1) is 5.92 Å². The van der Waals surface area contributed by atoms with Gasteiger partial charge in [0.2, 0.25) is 0 Å². The van der Waals surface area contributed by atoms with Crippen molar-refractivity contribution in [3.63, 3.8) is 0 Å². The molecule has 2 unspecified atom stereocenters.